The molecule has 90 valence electrons. The Balaban J connectivity index is 2.31. The fraction of sp³-hybridized carbons (Fsp3) is 0.545. The molecule has 1 N–H and O–H groups in total. The highest BCUT2D eigenvalue weighted by Gasteiger charge is 2.03. The maximum Gasteiger partial charge on any atom is 0.106 e. The minimum Gasteiger partial charge on any atom is -0.309 e. The number of hydrogen-bond acceptors (Lipinski definition) is 3. The van der Waals surface area contributed by atoms with E-state index in [1.165, 1.54) is 0 Å². The maximum atomic E-state index is 10.9. The van der Waals surface area contributed by atoms with Crippen molar-refractivity contribution in [3.63, 3.8) is 0 Å². The minimum atomic E-state index is -0.701. The monoisotopic (exact) mass is 304 g/mol. The quantitative estimate of drug-likeness (QED) is 0.818. The molecule has 0 aliphatic heterocycles. The van der Waals surface area contributed by atoms with Gasteiger partial charge in [-0.25, -0.2) is 4.98 Å². The topological polar surface area (TPSA) is 42.0 Å². The largest absolute Gasteiger partial charge is 0.309 e. The average molecular weight is 305 g/mol. The molecule has 3 nitrogen and oxygen atoms in total. The van der Waals surface area contributed by atoms with Crippen molar-refractivity contribution in [3.8, 4) is 0 Å². The molecule has 0 saturated heterocycles. The van der Waals surface area contributed by atoms with E-state index in [1.807, 2.05) is 18.2 Å². The maximum absolute atomic E-state index is 10.9. The van der Waals surface area contributed by atoms with E-state index in [4.69, 9.17) is 0 Å². The van der Waals surface area contributed by atoms with Crippen LogP contribution in [-0.4, -0.2) is 27.2 Å². The number of pyridine rings is 1. The van der Waals surface area contributed by atoms with Crippen LogP contribution in [0.5, 0.6) is 0 Å². The summed E-state index contributed by atoms with van der Waals surface area (Å²) in [4.78, 5) is 4.33. The molecule has 1 heterocycles. The van der Waals surface area contributed by atoms with Gasteiger partial charge in [0.05, 0.1) is 5.69 Å². The molecule has 0 amide bonds. The molecular formula is C11H17BrN2OS. The van der Waals surface area contributed by atoms with Crippen molar-refractivity contribution >= 4 is 26.7 Å². The Morgan fingerprint density at radius 2 is 2.31 bits per heavy atom. The van der Waals surface area contributed by atoms with Crippen molar-refractivity contribution in [2.75, 3.05) is 12.0 Å². The third kappa shape index (κ3) is 5.72. The lowest BCUT2D eigenvalue weighted by molar-refractivity contribution is 0.529. The van der Waals surface area contributed by atoms with Gasteiger partial charge in [0.15, 0.2) is 0 Å². The summed E-state index contributed by atoms with van der Waals surface area (Å²) in [5.74, 6) is 0.750. The van der Waals surface area contributed by atoms with Gasteiger partial charge in [-0.3, -0.25) is 4.21 Å². The summed E-state index contributed by atoms with van der Waals surface area (Å²) in [6.07, 6.45) is 2.67. The molecule has 0 aromatic carbocycles. The molecule has 1 rings (SSSR count). The fourth-order valence-electron chi connectivity index (χ4n) is 1.27. The minimum absolute atomic E-state index is 0.365. The summed E-state index contributed by atoms with van der Waals surface area (Å²) < 4.78 is 11.8. The number of halogens is 1. The van der Waals surface area contributed by atoms with Gasteiger partial charge < -0.3 is 5.32 Å². The summed E-state index contributed by atoms with van der Waals surface area (Å²) in [5, 5.41) is 3.36. The lowest BCUT2D eigenvalue weighted by Crippen LogP contribution is -2.27. The first-order valence-electron chi connectivity index (χ1n) is 5.23. The Morgan fingerprint density at radius 1 is 1.56 bits per heavy atom. The normalized spacial score (nSPS) is 14.7. The van der Waals surface area contributed by atoms with Crippen LogP contribution in [0.2, 0.25) is 0 Å². The lowest BCUT2D eigenvalue weighted by atomic mass is 10.2. The molecule has 0 radical (unpaired) electrons. The van der Waals surface area contributed by atoms with Crippen LogP contribution in [0.15, 0.2) is 22.8 Å². The highest BCUT2D eigenvalue weighted by atomic mass is 79.9. The highest BCUT2D eigenvalue weighted by Crippen LogP contribution is 2.06. The SMILES string of the molecule is CC(CCS(C)=O)NCc1cccc(Br)n1. The predicted octanol–water partition coefficient (Wildman–Crippen LogP) is 2.09. The van der Waals surface area contributed by atoms with Crippen LogP contribution in [0.4, 0.5) is 0 Å². The van der Waals surface area contributed by atoms with Crippen LogP contribution in [0.3, 0.4) is 0 Å². The van der Waals surface area contributed by atoms with Crippen molar-refractivity contribution in [1.82, 2.24) is 10.3 Å². The van der Waals surface area contributed by atoms with Gasteiger partial charge in [0.25, 0.3) is 0 Å². The first-order valence-corrected chi connectivity index (χ1v) is 7.75. The van der Waals surface area contributed by atoms with Crippen LogP contribution in [0, 0.1) is 0 Å². The van der Waals surface area contributed by atoms with Crippen molar-refractivity contribution in [2.45, 2.75) is 25.9 Å². The van der Waals surface area contributed by atoms with E-state index in [0.29, 0.717) is 6.04 Å². The lowest BCUT2D eigenvalue weighted by Gasteiger charge is -2.12. The van der Waals surface area contributed by atoms with Gasteiger partial charge >= 0.3 is 0 Å². The van der Waals surface area contributed by atoms with E-state index in [2.05, 4.69) is 33.2 Å². The second kappa shape index (κ2) is 7.14. The van der Waals surface area contributed by atoms with Crippen molar-refractivity contribution in [3.05, 3.63) is 28.5 Å². The molecule has 2 unspecified atom stereocenters. The summed E-state index contributed by atoms with van der Waals surface area (Å²) in [5.41, 5.74) is 1.01. The van der Waals surface area contributed by atoms with Gasteiger partial charge in [0.2, 0.25) is 0 Å². The van der Waals surface area contributed by atoms with Gasteiger partial charge in [-0.2, -0.15) is 0 Å². The van der Waals surface area contributed by atoms with E-state index in [0.717, 1.165) is 29.0 Å². The Labute approximate surface area is 108 Å². The van der Waals surface area contributed by atoms with Gasteiger partial charge in [0.1, 0.15) is 4.60 Å². The van der Waals surface area contributed by atoms with Gasteiger partial charge in [-0.05, 0) is 41.4 Å². The van der Waals surface area contributed by atoms with Crippen molar-refractivity contribution in [2.24, 2.45) is 0 Å². The first kappa shape index (κ1) is 13.8. The second-order valence-electron chi connectivity index (χ2n) is 3.80. The van der Waals surface area contributed by atoms with Crippen LogP contribution < -0.4 is 5.32 Å². The average Bonchev–Trinajstić information content (AvgIpc) is 2.23. The van der Waals surface area contributed by atoms with E-state index < -0.39 is 10.8 Å². The number of nitrogens with zero attached hydrogens (tertiary/aromatic N) is 1. The molecule has 16 heavy (non-hydrogen) atoms. The first-order chi connectivity index (χ1) is 7.58. The second-order valence-corrected chi connectivity index (χ2v) is 6.17. The van der Waals surface area contributed by atoms with Crippen LogP contribution in [-0.2, 0) is 17.3 Å². The molecule has 5 heteroatoms. The van der Waals surface area contributed by atoms with E-state index >= 15 is 0 Å². The van der Waals surface area contributed by atoms with Crippen LogP contribution in [0.25, 0.3) is 0 Å². The molecule has 2 atom stereocenters. The predicted molar refractivity (Wildman–Crippen MR) is 71.8 cm³/mol. The number of nitrogens with one attached hydrogen (secondary N) is 1. The van der Waals surface area contributed by atoms with Gasteiger partial charge in [-0.1, -0.05) is 6.07 Å². The zero-order valence-corrected chi connectivity index (χ0v) is 12.0. The van der Waals surface area contributed by atoms with E-state index in [1.54, 1.807) is 6.26 Å². The molecule has 0 fully saturated rings. The smallest absolute Gasteiger partial charge is 0.106 e. The number of hydrogen-bond donors (Lipinski definition) is 1. The summed E-state index contributed by atoms with van der Waals surface area (Å²) >= 11 is 3.34. The molecular weight excluding hydrogens is 288 g/mol. The standard InChI is InChI=1S/C11H17BrN2OS/c1-9(6-7-16(2)15)13-8-10-4-3-5-11(12)14-10/h3-5,9,13H,6-8H2,1-2H3. The zero-order chi connectivity index (χ0) is 12.0. The zero-order valence-electron chi connectivity index (χ0n) is 9.57. The Hall–Kier alpha value is -0.260. The molecule has 0 bridgehead atoms. The summed E-state index contributed by atoms with van der Waals surface area (Å²) in [6.45, 7) is 2.85. The van der Waals surface area contributed by atoms with Crippen LogP contribution in [0.1, 0.15) is 19.0 Å². The van der Waals surface area contributed by atoms with Crippen molar-refractivity contribution in [1.29, 1.82) is 0 Å². The van der Waals surface area contributed by atoms with Crippen molar-refractivity contribution < 1.29 is 4.21 Å². The van der Waals surface area contributed by atoms with Gasteiger partial charge in [0, 0.05) is 35.4 Å². The Bertz CT molecular complexity index is 360. The third-order valence-corrected chi connectivity index (χ3v) is 3.50. The summed E-state index contributed by atoms with van der Waals surface area (Å²) in [6, 6.07) is 6.24. The van der Waals surface area contributed by atoms with Crippen LogP contribution >= 0.6 is 15.9 Å². The molecule has 1 aromatic heterocycles. The molecule has 0 saturated carbocycles. The fourth-order valence-corrected chi connectivity index (χ4v) is 2.34. The van der Waals surface area contributed by atoms with E-state index in [-0.39, 0.29) is 0 Å². The van der Waals surface area contributed by atoms with E-state index in [9.17, 15) is 4.21 Å². The Kier molecular flexibility index (Phi) is 6.16. The number of rotatable bonds is 6. The highest BCUT2D eigenvalue weighted by molar-refractivity contribution is 9.10. The number of aromatic nitrogens is 1. The summed E-state index contributed by atoms with van der Waals surface area (Å²) in [7, 11) is -0.701. The molecule has 0 spiro atoms. The molecule has 0 aliphatic rings. The Morgan fingerprint density at radius 3 is 2.94 bits per heavy atom. The molecule has 1 aromatic rings. The van der Waals surface area contributed by atoms with Gasteiger partial charge in [-0.15, -0.1) is 0 Å². The molecule has 0 aliphatic carbocycles. The third-order valence-electron chi connectivity index (χ3n) is 2.24.